The number of fused-ring (bicyclic) bond motifs is 2. The Kier molecular flexibility index (Phi) is 7.77. The van der Waals surface area contributed by atoms with Gasteiger partial charge in [-0.1, -0.05) is 31.3 Å². The summed E-state index contributed by atoms with van der Waals surface area (Å²) in [6.45, 7) is 11.7. The number of hydrogen-bond donors (Lipinski definition) is 0. The van der Waals surface area contributed by atoms with Crippen LogP contribution < -0.4 is 4.90 Å². The lowest BCUT2D eigenvalue weighted by Gasteiger charge is -2.24. The number of amides is 1. The quantitative estimate of drug-likeness (QED) is 0.369. The van der Waals surface area contributed by atoms with Gasteiger partial charge in [0.2, 0.25) is 0 Å². The molecule has 0 saturated heterocycles. The molecule has 0 saturated carbocycles. The standard InChI is InChI=1S/C24H27N5OS.ClH/c1-5-28(6-2)11-12-29(24-27-22-17(4)13-16(3)14-21(22)31-24)23(30)18-7-8-19-20(15-18)26-10-9-25-19;/h7-10,13-15H,5-6,11-12H2,1-4H3;1H. The summed E-state index contributed by atoms with van der Waals surface area (Å²) in [5.74, 6) is -0.0619. The predicted molar refractivity (Wildman–Crippen MR) is 135 cm³/mol. The molecule has 0 spiro atoms. The third-order valence-corrected chi connectivity index (χ3v) is 6.57. The highest BCUT2D eigenvalue weighted by Crippen LogP contribution is 2.32. The zero-order valence-electron chi connectivity index (χ0n) is 18.8. The summed E-state index contributed by atoms with van der Waals surface area (Å²) in [6.07, 6.45) is 3.30. The predicted octanol–water partition coefficient (Wildman–Crippen LogP) is 5.27. The first-order valence-corrected chi connectivity index (χ1v) is 11.4. The largest absolute Gasteiger partial charge is 0.302 e. The topological polar surface area (TPSA) is 62.2 Å². The molecule has 2 aromatic carbocycles. The van der Waals surface area contributed by atoms with Gasteiger partial charge in [-0.3, -0.25) is 19.7 Å². The normalized spacial score (nSPS) is 11.2. The van der Waals surface area contributed by atoms with Crippen LogP contribution in [0.3, 0.4) is 0 Å². The molecule has 1 amide bonds. The molecule has 2 aromatic heterocycles. The van der Waals surface area contributed by atoms with Crippen molar-refractivity contribution < 1.29 is 4.79 Å². The van der Waals surface area contributed by atoms with E-state index in [9.17, 15) is 4.79 Å². The summed E-state index contributed by atoms with van der Waals surface area (Å²) in [6, 6.07) is 9.77. The first-order valence-electron chi connectivity index (χ1n) is 10.6. The molecule has 0 atom stereocenters. The van der Waals surface area contributed by atoms with E-state index in [2.05, 4.69) is 54.7 Å². The van der Waals surface area contributed by atoms with Gasteiger partial charge in [-0.2, -0.15) is 0 Å². The first kappa shape index (κ1) is 24.0. The number of rotatable bonds is 7. The Morgan fingerprint density at radius 3 is 2.41 bits per heavy atom. The third kappa shape index (κ3) is 4.90. The number of likely N-dealkylation sites (N-methyl/N-ethyl adjacent to an activating group) is 1. The Balaban J connectivity index is 0.00000289. The van der Waals surface area contributed by atoms with E-state index in [0.717, 1.165) is 46.1 Å². The molecule has 0 unspecified atom stereocenters. The van der Waals surface area contributed by atoms with Crippen molar-refractivity contribution in [2.75, 3.05) is 31.1 Å². The van der Waals surface area contributed by atoms with Crippen LogP contribution in [0.2, 0.25) is 0 Å². The SMILES string of the molecule is CCN(CC)CCN(C(=O)c1ccc2nccnc2c1)c1nc2c(C)cc(C)cc2s1.Cl. The average Bonchev–Trinajstić information content (AvgIpc) is 3.20. The van der Waals surface area contributed by atoms with Gasteiger partial charge in [0.05, 0.1) is 21.3 Å². The maximum atomic E-state index is 13.6. The van der Waals surface area contributed by atoms with E-state index in [1.807, 2.05) is 23.1 Å². The van der Waals surface area contributed by atoms with Gasteiger partial charge < -0.3 is 4.90 Å². The highest BCUT2D eigenvalue weighted by atomic mass is 35.5. The van der Waals surface area contributed by atoms with Crippen LogP contribution in [0.1, 0.15) is 35.3 Å². The second-order valence-electron chi connectivity index (χ2n) is 7.67. The smallest absolute Gasteiger partial charge is 0.260 e. The van der Waals surface area contributed by atoms with Crippen LogP contribution in [0.15, 0.2) is 42.7 Å². The molecule has 168 valence electrons. The maximum absolute atomic E-state index is 13.6. The number of halogens is 1. The molecule has 2 heterocycles. The third-order valence-electron chi connectivity index (χ3n) is 5.55. The molecule has 8 heteroatoms. The minimum absolute atomic E-state index is 0. The lowest BCUT2D eigenvalue weighted by molar-refractivity contribution is 0.0984. The molecule has 0 aliphatic rings. The number of thiazole rings is 1. The molecular formula is C24H28ClN5OS. The van der Waals surface area contributed by atoms with Crippen molar-refractivity contribution in [2.24, 2.45) is 0 Å². The lowest BCUT2D eigenvalue weighted by atomic mass is 10.1. The van der Waals surface area contributed by atoms with Crippen molar-refractivity contribution in [3.63, 3.8) is 0 Å². The Morgan fingerprint density at radius 2 is 1.69 bits per heavy atom. The summed E-state index contributed by atoms with van der Waals surface area (Å²) in [7, 11) is 0. The molecule has 4 rings (SSSR count). The number of aromatic nitrogens is 3. The van der Waals surface area contributed by atoms with Gasteiger partial charge >= 0.3 is 0 Å². The Hall–Kier alpha value is -2.61. The molecule has 32 heavy (non-hydrogen) atoms. The maximum Gasteiger partial charge on any atom is 0.260 e. The van der Waals surface area contributed by atoms with Crippen LogP contribution in [0.5, 0.6) is 0 Å². The van der Waals surface area contributed by atoms with E-state index in [0.29, 0.717) is 17.6 Å². The van der Waals surface area contributed by atoms with Gasteiger partial charge in [0.15, 0.2) is 5.13 Å². The molecular weight excluding hydrogens is 442 g/mol. The Bertz CT molecular complexity index is 1240. The van der Waals surface area contributed by atoms with Crippen LogP contribution in [0.25, 0.3) is 21.3 Å². The van der Waals surface area contributed by atoms with Crippen LogP contribution >= 0.6 is 23.7 Å². The molecule has 0 aliphatic heterocycles. The summed E-state index contributed by atoms with van der Waals surface area (Å²) in [4.78, 5) is 31.3. The summed E-state index contributed by atoms with van der Waals surface area (Å²) in [5, 5.41) is 0.736. The monoisotopic (exact) mass is 469 g/mol. The zero-order chi connectivity index (χ0) is 22.0. The fraction of sp³-hybridized carbons (Fsp3) is 0.333. The summed E-state index contributed by atoms with van der Waals surface area (Å²) in [5.41, 5.74) is 5.40. The number of aryl methyl sites for hydroxylation is 2. The van der Waals surface area contributed by atoms with Gasteiger partial charge in [0.1, 0.15) is 0 Å². The van der Waals surface area contributed by atoms with Crippen LogP contribution in [-0.4, -0.2) is 51.9 Å². The Labute approximate surface area is 198 Å². The molecule has 0 radical (unpaired) electrons. The minimum Gasteiger partial charge on any atom is -0.302 e. The number of benzene rings is 2. The van der Waals surface area contributed by atoms with E-state index in [4.69, 9.17) is 4.98 Å². The molecule has 0 bridgehead atoms. The van der Waals surface area contributed by atoms with Crippen LogP contribution in [-0.2, 0) is 0 Å². The highest BCUT2D eigenvalue weighted by Gasteiger charge is 2.23. The minimum atomic E-state index is -0.0619. The van der Waals surface area contributed by atoms with Gasteiger partial charge in [0, 0.05) is 31.0 Å². The van der Waals surface area contributed by atoms with Crippen molar-refractivity contribution in [3.8, 4) is 0 Å². The number of carbonyl (C=O) groups excluding carboxylic acids is 1. The van der Waals surface area contributed by atoms with E-state index in [-0.39, 0.29) is 18.3 Å². The van der Waals surface area contributed by atoms with Crippen molar-refractivity contribution in [1.29, 1.82) is 0 Å². The van der Waals surface area contributed by atoms with Crippen LogP contribution in [0, 0.1) is 13.8 Å². The van der Waals surface area contributed by atoms with E-state index in [1.54, 1.807) is 23.7 Å². The second-order valence-corrected chi connectivity index (χ2v) is 8.68. The average molecular weight is 470 g/mol. The van der Waals surface area contributed by atoms with Gasteiger partial charge in [-0.25, -0.2) is 4.98 Å². The number of nitrogens with zero attached hydrogens (tertiary/aromatic N) is 5. The van der Waals surface area contributed by atoms with Gasteiger partial charge in [0.25, 0.3) is 5.91 Å². The second kappa shape index (κ2) is 10.3. The first-order chi connectivity index (χ1) is 15.0. The zero-order valence-corrected chi connectivity index (χ0v) is 20.5. The van der Waals surface area contributed by atoms with Gasteiger partial charge in [-0.15, -0.1) is 12.4 Å². The molecule has 4 aromatic rings. The van der Waals surface area contributed by atoms with E-state index in [1.165, 1.54) is 5.56 Å². The molecule has 6 nitrogen and oxygen atoms in total. The Morgan fingerprint density at radius 1 is 0.969 bits per heavy atom. The molecule has 0 aliphatic carbocycles. The molecule has 0 N–H and O–H groups in total. The van der Waals surface area contributed by atoms with E-state index < -0.39 is 0 Å². The van der Waals surface area contributed by atoms with Gasteiger partial charge in [-0.05, 0) is 62.3 Å². The lowest BCUT2D eigenvalue weighted by Crippen LogP contribution is -2.38. The van der Waals surface area contributed by atoms with Crippen molar-refractivity contribution in [2.45, 2.75) is 27.7 Å². The fourth-order valence-electron chi connectivity index (χ4n) is 3.79. The van der Waals surface area contributed by atoms with Crippen molar-refractivity contribution in [1.82, 2.24) is 19.9 Å². The molecule has 0 fully saturated rings. The number of hydrogen-bond acceptors (Lipinski definition) is 6. The number of carbonyl (C=O) groups is 1. The fourth-order valence-corrected chi connectivity index (χ4v) is 4.96. The van der Waals surface area contributed by atoms with Crippen molar-refractivity contribution in [3.05, 3.63) is 59.4 Å². The van der Waals surface area contributed by atoms with Crippen LogP contribution in [0.4, 0.5) is 5.13 Å². The summed E-state index contributed by atoms with van der Waals surface area (Å²) < 4.78 is 1.11. The van der Waals surface area contributed by atoms with E-state index >= 15 is 0 Å². The number of anilines is 1. The van der Waals surface area contributed by atoms with Crippen molar-refractivity contribution >= 4 is 56.0 Å². The summed E-state index contributed by atoms with van der Waals surface area (Å²) >= 11 is 1.57. The highest BCUT2D eigenvalue weighted by molar-refractivity contribution is 7.22.